The van der Waals surface area contributed by atoms with E-state index in [0.29, 0.717) is 46.2 Å². The average molecular weight is 558 g/mol. The summed E-state index contributed by atoms with van der Waals surface area (Å²) >= 11 is 6.09. The quantitative estimate of drug-likeness (QED) is 0.336. The number of aliphatic hydroxyl groups is 1. The van der Waals surface area contributed by atoms with Crippen LogP contribution in [-0.4, -0.2) is 62.4 Å². The Labute approximate surface area is 236 Å². The number of rotatable bonds is 8. The van der Waals surface area contributed by atoms with E-state index in [-0.39, 0.29) is 18.2 Å². The molecule has 0 spiro atoms. The molecule has 10 nitrogen and oxygen atoms in total. The first-order valence-corrected chi connectivity index (χ1v) is 13.5. The molecule has 40 heavy (non-hydrogen) atoms. The van der Waals surface area contributed by atoms with Crippen LogP contribution in [0.1, 0.15) is 29.9 Å². The van der Waals surface area contributed by atoms with Gasteiger partial charge >= 0.3 is 0 Å². The predicted octanol–water partition coefficient (Wildman–Crippen LogP) is 3.58. The van der Waals surface area contributed by atoms with Gasteiger partial charge in [-0.05, 0) is 61.9 Å². The molecule has 4 aromatic heterocycles. The first kappa shape index (κ1) is 26.0. The number of halogens is 1. The first-order valence-electron chi connectivity index (χ1n) is 13.1. The molecule has 2 aliphatic rings. The van der Waals surface area contributed by atoms with E-state index >= 15 is 0 Å². The fraction of sp³-hybridized carbons (Fsp3) is 0.345. The maximum Gasteiger partial charge on any atom is 0.271 e. The van der Waals surface area contributed by atoms with Crippen molar-refractivity contribution >= 4 is 28.8 Å². The van der Waals surface area contributed by atoms with Gasteiger partial charge in [-0.2, -0.15) is 10.4 Å². The van der Waals surface area contributed by atoms with Crippen molar-refractivity contribution in [1.82, 2.24) is 24.9 Å². The molecule has 204 valence electrons. The summed E-state index contributed by atoms with van der Waals surface area (Å²) in [6, 6.07) is 11.4. The molecule has 11 heteroatoms. The van der Waals surface area contributed by atoms with Crippen LogP contribution in [0, 0.1) is 29.1 Å². The second-order valence-electron chi connectivity index (χ2n) is 11.0. The third-order valence-corrected chi connectivity index (χ3v) is 7.83. The maximum absolute atomic E-state index is 12.4. The third-order valence-electron chi connectivity index (χ3n) is 7.53. The molecule has 6 rings (SSSR count). The van der Waals surface area contributed by atoms with Crippen LogP contribution in [0.4, 0.5) is 5.82 Å². The Bertz CT molecular complexity index is 1610. The maximum atomic E-state index is 12.4. The number of anilines is 1. The van der Waals surface area contributed by atoms with Crippen molar-refractivity contribution in [2.75, 3.05) is 31.1 Å². The number of aromatic nitrogens is 4. The zero-order valence-corrected chi connectivity index (χ0v) is 22.8. The first-order chi connectivity index (χ1) is 19.2. The van der Waals surface area contributed by atoms with Gasteiger partial charge in [-0.15, -0.1) is 0 Å². The lowest BCUT2D eigenvalue weighted by atomic mass is 10.1. The van der Waals surface area contributed by atoms with E-state index in [1.54, 1.807) is 49.1 Å². The van der Waals surface area contributed by atoms with Crippen molar-refractivity contribution in [3.63, 3.8) is 0 Å². The molecule has 1 saturated heterocycles. The van der Waals surface area contributed by atoms with E-state index in [4.69, 9.17) is 21.3 Å². The normalized spacial score (nSPS) is 19.8. The number of nitrogens with zero attached hydrogens (tertiary/aromatic N) is 6. The van der Waals surface area contributed by atoms with Gasteiger partial charge in [0, 0.05) is 43.2 Å². The number of piperidine rings is 1. The molecule has 1 amide bonds. The molecule has 4 aromatic rings. The molecule has 1 aliphatic carbocycles. The molecule has 1 saturated carbocycles. The largest absolute Gasteiger partial charge is 0.489 e. The van der Waals surface area contributed by atoms with E-state index in [1.165, 1.54) is 6.20 Å². The highest BCUT2D eigenvalue weighted by molar-refractivity contribution is 6.33. The van der Waals surface area contributed by atoms with Gasteiger partial charge in [0.1, 0.15) is 29.9 Å². The lowest BCUT2D eigenvalue weighted by Gasteiger charge is -2.21. The number of carbonyl (C=O) groups is 1. The van der Waals surface area contributed by atoms with E-state index in [2.05, 4.69) is 26.4 Å². The van der Waals surface area contributed by atoms with Crippen LogP contribution in [0.15, 0.2) is 55.1 Å². The van der Waals surface area contributed by atoms with Crippen molar-refractivity contribution < 1.29 is 14.6 Å². The summed E-state index contributed by atoms with van der Waals surface area (Å²) in [4.78, 5) is 23.5. The van der Waals surface area contributed by atoms with Crippen molar-refractivity contribution in [2.24, 2.45) is 17.8 Å². The highest BCUT2D eigenvalue weighted by atomic mass is 35.5. The molecule has 2 N–H and O–H groups in total. The number of ether oxygens (including phenoxy) is 1. The van der Waals surface area contributed by atoms with Crippen LogP contribution < -0.4 is 15.0 Å². The summed E-state index contributed by atoms with van der Waals surface area (Å²) in [5.41, 5.74) is 1.99. The van der Waals surface area contributed by atoms with Crippen molar-refractivity contribution in [1.29, 1.82) is 5.26 Å². The monoisotopic (exact) mass is 557 g/mol. The van der Waals surface area contributed by atoms with E-state index in [0.717, 1.165) is 30.0 Å². The second kappa shape index (κ2) is 10.1. The molecule has 1 aliphatic heterocycles. The van der Waals surface area contributed by atoms with E-state index in [1.807, 2.05) is 18.2 Å². The number of hydrogen-bond acceptors (Lipinski definition) is 8. The number of nitrogens with one attached hydrogen (secondary N) is 1. The summed E-state index contributed by atoms with van der Waals surface area (Å²) in [7, 11) is 0. The summed E-state index contributed by atoms with van der Waals surface area (Å²) in [5, 5.41) is 27.3. The predicted molar refractivity (Wildman–Crippen MR) is 149 cm³/mol. The zero-order valence-electron chi connectivity index (χ0n) is 22.1. The van der Waals surface area contributed by atoms with Crippen LogP contribution in [0.3, 0.4) is 0 Å². The number of amides is 1. The lowest BCUT2D eigenvalue weighted by molar-refractivity contribution is 0.0283. The fourth-order valence-electron chi connectivity index (χ4n) is 5.46. The summed E-state index contributed by atoms with van der Waals surface area (Å²) in [5.74, 6) is 2.63. The smallest absolute Gasteiger partial charge is 0.271 e. The van der Waals surface area contributed by atoms with Gasteiger partial charge in [0.05, 0.1) is 34.1 Å². The Morgan fingerprint density at radius 2 is 2.05 bits per heavy atom. The van der Waals surface area contributed by atoms with Crippen LogP contribution in [0.2, 0.25) is 5.02 Å². The topological polar surface area (TPSA) is 129 Å². The number of pyridine rings is 3. The van der Waals surface area contributed by atoms with Gasteiger partial charge in [0.25, 0.3) is 5.91 Å². The van der Waals surface area contributed by atoms with E-state index < -0.39 is 5.60 Å². The molecule has 0 bridgehead atoms. The summed E-state index contributed by atoms with van der Waals surface area (Å²) in [6.45, 7) is 5.84. The van der Waals surface area contributed by atoms with Crippen molar-refractivity contribution in [2.45, 2.75) is 19.4 Å². The highest BCUT2D eigenvalue weighted by Crippen LogP contribution is 2.52. The zero-order chi connectivity index (χ0) is 28.0. The molecular weight excluding hydrogens is 530 g/mol. The molecule has 5 heterocycles. The van der Waals surface area contributed by atoms with Gasteiger partial charge < -0.3 is 20.1 Å². The SMILES string of the molecule is CC(C)(O)COc1cc(-c2ccc(N3C[C@@H]4C(CNC(=O)c5ncccc5Cl)[C@@H]4C3)nc2)c2c(C#N)cnn2c1. The Morgan fingerprint density at radius 3 is 2.73 bits per heavy atom. The summed E-state index contributed by atoms with van der Waals surface area (Å²) < 4.78 is 7.44. The van der Waals surface area contributed by atoms with E-state index in [9.17, 15) is 15.2 Å². The Balaban J connectivity index is 1.13. The van der Waals surface area contributed by atoms with Gasteiger partial charge in [-0.25, -0.2) is 14.5 Å². The van der Waals surface area contributed by atoms with Gasteiger partial charge in [-0.1, -0.05) is 11.6 Å². The third kappa shape index (κ3) is 5.06. The van der Waals surface area contributed by atoms with Crippen molar-refractivity contribution in [3.05, 3.63) is 71.4 Å². The fourth-order valence-corrected chi connectivity index (χ4v) is 5.66. The summed E-state index contributed by atoms with van der Waals surface area (Å²) in [6.07, 6.45) is 6.59. The van der Waals surface area contributed by atoms with Crippen LogP contribution in [0.5, 0.6) is 5.75 Å². The molecule has 2 fully saturated rings. The van der Waals surface area contributed by atoms with Gasteiger partial charge in [-0.3, -0.25) is 4.79 Å². The van der Waals surface area contributed by atoms with Crippen LogP contribution in [-0.2, 0) is 0 Å². The minimum atomic E-state index is -0.992. The highest BCUT2D eigenvalue weighted by Gasteiger charge is 2.55. The number of nitriles is 1. The minimum Gasteiger partial charge on any atom is -0.489 e. The average Bonchev–Trinajstić information content (AvgIpc) is 3.25. The Morgan fingerprint density at radius 1 is 1.25 bits per heavy atom. The van der Waals surface area contributed by atoms with Crippen LogP contribution >= 0.6 is 11.6 Å². The molecule has 3 atom stereocenters. The van der Waals surface area contributed by atoms with Crippen molar-refractivity contribution in [3.8, 4) is 22.9 Å². The molecule has 0 aromatic carbocycles. The molecule has 1 unspecified atom stereocenters. The second-order valence-corrected chi connectivity index (χ2v) is 11.4. The minimum absolute atomic E-state index is 0.111. The lowest BCUT2D eigenvalue weighted by Crippen LogP contribution is -2.31. The van der Waals surface area contributed by atoms with Gasteiger partial charge in [0.15, 0.2) is 0 Å². The van der Waals surface area contributed by atoms with Crippen LogP contribution in [0.25, 0.3) is 16.6 Å². The number of hydrogen-bond donors (Lipinski definition) is 2. The standard InChI is InChI=1S/C29H28ClN7O3/c1-29(2,39)16-40-19-8-20(27-18(9-31)11-35-37(27)13-19)17-5-6-25(33-10-17)36-14-22-21(23(22)15-36)12-34-28(38)26-24(30)4-3-7-32-26/h3-8,10-11,13,21-23,39H,12,14-16H2,1-2H3,(H,34,38)/t21?,22-,23+. The van der Waals surface area contributed by atoms with Gasteiger partial charge in [0.2, 0.25) is 0 Å². The Hall–Kier alpha value is -4.20. The Kier molecular flexibility index (Phi) is 6.56. The number of carbonyl (C=O) groups excluding carboxylic acids is 1. The number of fused-ring (bicyclic) bond motifs is 2. The molecular formula is C29H28ClN7O3. The molecule has 0 radical (unpaired) electrons.